The Morgan fingerprint density at radius 3 is 2.38 bits per heavy atom. The van der Waals surface area contributed by atoms with Gasteiger partial charge in [-0.15, -0.1) is 0 Å². The summed E-state index contributed by atoms with van der Waals surface area (Å²) in [5.74, 6) is 1.31. The average molecular weight is 338 g/mol. The van der Waals surface area contributed by atoms with Crippen LogP contribution >= 0.6 is 0 Å². The van der Waals surface area contributed by atoms with E-state index < -0.39 is 0 Å². The van der Waals surface area contributed by atoms with Gasteiger partial charge in [0, 0.05) is 17.1 Å². The molecule has 0 aliphatic rings. The van der Waals surface area contributed by atoms with Gasteiger partial charge in [-0.1, -0.05) is 48.5 Å². The van der Waals surface area contributed by atoms with E-state index >= 15 is 0 Å². The summed E-state index contributed by atoms with van der Waals surface area (Å²) in [7, 11) is 0. The van der Waals surface area contributed by atoms with Gasteiger partial charge >= 0.3 is 0 Å². The SMILES string of the molecule is Cc1ccccc1N=C(Oc1ccnc2ccccc12)c1ccccc1. The third-order valence-corrected chi connectivity index (χ3v) is 4.17. The number of aliphatic imine (C=N–C) groups is 1. The van der Waals surface area contributed by atoms with Crippen molar-refractivity contribution in [2.45, 2.75) is 6.92 Å². The summed E-state index contributed by atoms with van der Waals surface area (Å²) in [4.78, 5) is 9.20. The lowest BCUT2D eigenvalue weighted by molar-refractivity contribution is 0.559. The van der Waals surface area contributed by atoms with Crippen LogP contribution in [0.15, 0.2) is 96.1 Å². The van der Waals surface area contributed by atoms with Gasteiger partial charge in [-0.2, -0.15) is 0 Å². The molecule has 4 aromatic rings. The third-order valence-electron chi connectivity index (χ3n) is 4.17. The zero-order valence-corrected chi connectivity index (χ0v) is 14.5. The molecule has 4 rings (SSSR count). The van der Waals surface area contributed by atoms with Crippen molar-refractivity contribution < 1.29 is 4.74 Å². The Kier molecular flexibility index (Phi) is 4.44. The van der Waals surface area contributed by atoms with E-state index in [0.29, 0.717) is 5.90 Å². The van der Waals surface area contributed by atoms with Gasteiger partial charge in [-0.3, -0.25) is 4.98 Å². The quantitative estimate of drug-likeness (QED) is 0.355. The summed E-state index contributed by atoms with van der Waals surface area (Å²) < 4.78 is 6.28. The molecular weight excluding hydrogens is 320 g/mol. The summed E-state index contributed by atoms with van der Waals surface area (Å²) in [5, 5.41) is 0.961. The minimum Gasteiger partial charge on any atom is -0.438 e. The van der Waals surface area contributed by atoms with Gasteiger partial charge < -0.3 is 4.74 Å². The molecule has 3 heteroatoms. The molecule has 0 amide bonds. The Morgan fingerprint density at radius 2 is 1.54 bits per heavy atom. The summed E-state index contributed by atoms with van der Waals surface area (Å²) in [6.45, 7) is 2.04. The molecule has 26 heavy (non-hydrogen) atoms. The van der Waals surface area contributed by atoms with Crippen LogP contribution in [-0.2, 0) is 0 Å². The number of para-hydroxylation sites is 2. The summed E-state index contributed by atoms with van der Waals surface area (Å²) in [6, 6.07) is 27.8. The topological polar surface area (TPSA) is 34.5 Å². The number of nitrogens with zero attached hydrogens (tertiary/aromatic N) is 2. The number of aromatic nitrogens is 1. The number of ether oxygens (including phenoxy) is 1. The summed E-state index contributed by atoms with van der Waals surface area (Å²) >= 11 is 0. The Balaban J connectivity index is 1.82. The first-order chi connectivity index (χ1) is 12.8. The van der Waals surface area contributed by atoms with Gasteiger partial charge in [0.1, 0.15) is 5.75 Å². The fraction of sp³-hybridized carbons (Fsp3) is 0.0435. The summed E-state index contributed by atoms with van der Waals surface area (Å²) in [5.41, 5.74) is 3.82. The van der Waals surface area contributed by atoms with E-state index in [2.05, 4.69) is 4.98 Å². The highest BCUT2D eigenvalue weighted by molar-refractivity contribution is 5.99. The minimum absolute atomic E-state index is 0.566. The number of hydrogen-bond acceptors (Lipinski definition) is 3. The highest BCUT2D eigenvalue weighted by Gasteiger charge is 2.10. The molecule has 0 saturated heterocycles. The van der Waals surface area contributed by atoms with E-state index in [4.69, 9.17) is 9.73 Å². The minimum atomic E-state index is 0.566. The Labute approximate surface area is 152 Å². The third kappa shape index (κ3) is 3.33. The zero-order valence-electron chi connectivity index (χ0n) is 14.5. The molecule has 1 aromatic heterocycles. The van der Waals surface area contributed by atoms with Crippen molar-refractivity contribution in [2.75, 3.05) is 0 Å². The van der Waals surface area contributed by atoms with E-state index in [9.17, 15) is 0 Å². The van der Waals surface area contributed by atoms with Crippen molar-refractivity contribution in [3.8, 4) is 5.75 Å². The van der Waals surface area contributed by atoms with Crippen LogP contribution in [-0.4, -0.2) is 10.9 Å². The zero-order chi connectivity index (χ0) is 17.8. The lowest BCUT2D eigenvalue weighted by Crippen LogP contribution is -2.10. The van der Waals surface area contributed by atoms with E-state index in [1.165, 1.54) is 0 Å². The smallest absolute Gasteiger partial charge is 0.227 e. The molecule has 3 aromatic carbocycles. The van der Waals surface area contributed by atoms with Crippen molar-refractivity contribution in [2.24, 2.45) is 4.99 Å². The van der Waals surface area contributed by atoms with Gasteiger partial charge in [-0.25, -0.2) is 4.99 Å². The molecule has 0 saturated carbocycles. The molecule has 0 atom stereocenters. The number of hydrogen-bond donors (Lipinski definition) is 0. The van der Waals surface area contributed by atoms with Crippen LogP contribution in [0.2, 0.25) is 0 Å². The van der Waals surface area contributed by atoms with Crippen LogP contribution in [0.4, 0.5) is 5.69 Å². The number of pyridine rings is 1. The maximum Gasteiger partial charge on any atom is 0.227 e. The molecule has 126 valence electrons. The molecule has 1 heterocycles. The van der Waals surface area contributed by atoms with E-state index in [0.717, 1.165) is 33.5 Å². The van der Waals surface area contributed by atoms with Crippen molar-refractivity contribution in [3.63, 3.8) is 0 Å². The molecule has 0 fully saturated rings. The second-order valence-corrected chi connectivity index (χ2v) is 6.00. The van der Waals surface area contributed by atoms with Gasteiger partial charge in [0.25, 0.3) is 0 Å². The number of benzene rings is 3. The number of fused-ring (bicyclic) bond motifs is 1. The second-order valence-electron chi connectivity index (χ2n) is 6.00. The molecule has 0 unspecified atom stereocenters. The van der Waals surface area contributed by atoms with Gasteiger partial charge in [0.2, 0.25) is 5.90 Å². The molecule has 0 bridgehead atoms. The van der Waals surface area contributed by atoms with Gasteiger partial charge in [-0.05, 0) is 48.9 Å². The van der Waals surface area contributed by atoms with E-state index in [1.807, 2.05) is 91.9 Å². The maximum atomic E-state index is 6.28. The fourth-order valence-electron chi connectivity index (χ4n) is 2.79. The molecule has 0 spiro atoms. The average Bonchev–Trinajstić information content (AvgIpc) is 2.70. The highest BCUT2D eigenvalue weighted by atomic mass is 16.5. The van der Waals surface area contributed by atoms with Crippen molar-refractivity contribution in [1.29, 1.82) is 0 Å². The van der Waals surface area contributed by atoms with Crippen LogP contribution in [0.3, 0.4) is 0 Å². The standard InChI is InChI=1S/C23H18N2O/c1-17-9-5-7-13-20(17)25-23(18-10-3-2-4-11-18)26-22-15-16-24-21-14-8-6-12-19(21)22/h2-16H,1H3. The predicted octanol–water partition coefficient (Wildman–Crippen LogP) is 5.70. The Hall–Kier alpha value is -3.46. The molecule has 0 aliphatic heterocycles. The van der Waals surface area contributed by atoms with Crippen molar-refractivity contribution >= 4 is 22.5 Å². The lowest BCUT2D eigenvalue weighted by Gasteiger charge is -2.12. The van der Waals surface area contributed by atoms with Gasteiger partial charge in [0.05, 0.1) is 11.2 Å². The second kappa shape index (κ2) is 7.19. The molecule has 0 N–H and O–H groups in total. The van der Waals surface area contributed by atoms with E-state index in [1.54, 1.807) is 6.20 Å². The monoisotopic (exact) mass is 338 g/mol. The van der Waals surface area contributed by atoms with Crippen molar-refractivity contribution in [1.82, 2.24) is 4.98 Å². The molecular formula is C23H18N2O. The maximum absolute atomic E-state index is 6.28. The van der Waals surface area contributed by atoms with E-state index in [-0.39, 0.29) is 0 Å². The normalized spacial score (nSPS) is 11.5. The Morgan fingerprint density at radius 1 is 0.808 bits per heavy atom. The summed E-state index contributed by atoms with van der Waals surface area (Å²) in [6.07, 6.45) is 1.76. The largest absolute Gasteiger partial charge is 0.438 e. The van der Waals surface area contributed by atoms with Crippen LogP contribution in [0.1, 0.15) is 11.1 Å². The van der Waals surface area contributed by atoms with Crippen LogP contribution in [0.25, 0.3) is 10.9 Å². The predicted molar refractivity (Wildman–Crippen MR) is 106 cm³/mol. The van der Waals surface area contributed by atoms with Gasteiger partial charge in [0.15, 0.2) is 0 Å². The lowest BCUT2D eigenvalue weighted by atomic mass is 10.2. The van der Waals surface area contributed by atoms with Crippen LogP contribution < -0.4 is 4.74 Å². The number of rotatable bonds is 3. The first kappa shape index (κ1) is 16.0. The number of aryl methyl sites for hydroxylation is 1. The van der Waals surface area contributed by atoms with Crippen LogP contribution in [0, 0.1) is 6.92 Å². The van der Waals surface area contributed by atoms with Crippen LogP contribution in [0.5, 0.6) is 5.75 Å². The molecule has 0 aliphatic carbocycles. The van der Waals surface area contributed by atoms with Crippen molar-refractivity contribution in [3.05, 3.63) is 102 Å². The highest BCUT2D eigenvalue weighted by Crippen LogP contribution is 2.26. The first-order valence-electron chi connectivity index (χ1n) is 8.52. The Bertz CT molecular complexity index is 1070. The fourth-order valence-corrected chi connectivity index (χ4v) is 2.79. The molecule has 0 radical (unpaired) electrons. The molecule has 3 nitrogen and oxygen atoms in total. The first-order valence-corrected chi connectivity index (χ1v) is 8.52.